The molecule has 2 heterocycles. The number of carboxylic acids is 3. The number of aliphatic carboxylic acids is 3. The topological polar surface area (TPSA) is 219 Å². The number of benzene rings is 1. The maximum atomic E-state index is 12.3. The van der Waals surface area contributed by atoms with Gasteiger partial charge in [-0.05, 0) is 19.4 Å². The van der Waals surface area contributed by atoms with Crippen molar-refractivity contribution in [1.29, 1.82) is 0 Å². The standard InChI is InChI=1S/C16H19N3O4S.C5H9NO4S.2Na/c1-16(2)11(15(22)23)19-13(21)10(14(19)24-16)18-12(20)9(17)8-6-4-3-5-7-8;6-3(5(9)10)1-11-2-4(7)8;;/h3-7,9-11,14H,17H2,1-2H3,(H,18,20)(H,22,23);3H,1-2,6H2,(H,7,8)(H,9,10);;/q;;2*+1/p-2/t9-,10-,11+,14-;3-;;/m10../s1. The molecule has 2 fully saturated rings. The number of carboxylic acid groups (broad SMARTS) is 3. The summed E-state index contributed by atoms with van der Waals surface area (Å²) in [4.78, 5) is 57.1. The van der Waals surface area contributed by atoms with E-state index in [2.05, 4.69) is 5.32 Å². The van der Waals surface area contributed by atoms with Gasteiger partial charge in [-0.3, -0.25) is 14.4 Å². The minimum absolute atomic E-state index is 0. The average Bonchev–Trinajstić information content (AvgIpc) is 3.05. The number of carbonyl (C=O) groups excluding carboxylic acids is 4. The maximum Gasteiger partial charge on any atom is 1.00 e. The van der Waals surface area contributed by atoms with Crippen molar-refractivity contribution >= 4 is 53.2 Å². The summed E-state index contributed by atoms with van der Waals surface area (Å²) in [6.45, 7) is 3.50. The van der Waals surface area contributed by atoms with Crippen LogP contribution in [0.4, 0.5) is 0 Å². The Morgan fingerprint density at radius 3 is 2.22 bits per heavy atom. The van der Waals surface area contributed by atoms with E-state index in [1.165, 1.54) is 16.7 Å². The molecule has 3 rings (SSSR count). The molecule has 2 aliphatic rings. The summed E-state index contributed by atoms with van der Waals surface area (Å²) in [5.41, 5.74) is 11.6. The second-order valence-corrected chi connectivity index (χ2v) is 11.1. The number of rotatable bonds is 9. The molecule has 6 N–H and O–H groups in total. The van der Waals surface area contributed by atoms with Crippen LogP contribution in [0, 0.1) is 0 Å². The van der Waals surface area contributed by atoms with Crippen molar-refractivity contribution < 1.29 is 98.4 Å². The van der Waals surface area contributed by atoms with Gasteiger partial charge in [0.25, 0.3) is 0 Å². The van der Waals surface area contributed by atoms with E-state index in [-0.39, 0.29) is 70.6 Å². The molecular weight excluding hydrogens is 546 g/mol. The summed E-state index contributed by atoms with van der Waals surface area (Å²) < 4.78 is -0.680. The third kappa shape index (κ3) is 9.41. The molecule has 2 saturated heterocycles. The second-order valence-electron chi connectivity index (χ2n) is 8.29. The zero-order valence-electron chi connectivity index (χ0n) is 20.9. The van der Waals surface area contributed by atoms with Crippen molar-refractivity contribution in [2.24, 2.45) is 11.5 Å². The molecule has 12 nitrogen and oxygen atoms in total. The van der Waals surface area contributed by atoms with Crippen LogP contribution in [0.1, 0.15) is 25.5 Å². The van der Waals surface area contributed by atoms with Crippen molar-refractivity contribution in [2.45, 2.75) is 48.1 Å². The number of hydrogen-bond acceptors (Lipinski definition) is 11. The van der Waals surface area contributed by atoms with Crippen molar-refractivity contribution in [3.63, 3.8) is 0 Å². The molecule has 0 saturated carbocycles. The Morgan fingerprint density at radius 2 is 1.73 bits per heavy atom. The van der Waals surface area contributed by atoms with E-state index in [1.54, 1.807) is 38.1 Å². The minimum Gasteiger partial charge on any atom is -0.548 e. The predicted molar refractivity (Wildman–Crippen MR) is 124 cm³/mol. The Hall–Kier alpha value is -0.810. The van der Waals surface area contributed by atoms with Crippen LogP contribution in [-0.4, -0.2) is 79.5 Å². The molecular formula is C21H26N4Na2O8S2. The number of nitrogens with one attached hydrogen (secondary N) is 1. The summed E-state index contributed by atoms with van der Waals surface area (Å²) in [5, 5.41) is 31.7. The first-order valence-electron chi connectivity index (χ1n) is 10.4. The molecule has 37 heavy (non-hydrogen) atoms. The average molecular weight is 573 g/mol. The number of hydrogen-bond donors (Lipinski definition) is 4. The Morgan fingerprint density at radius 1 is 1.16 bits per heavy atom. The van der Waals surface area contributed by atoms with Gasteiger partial charge in [0.15, 0.2) is 0 Å². The van der Waals surface area contributed by atoms with Gasteiger partial charge in [0, 0.05) is 10.5 Å². The molecule has 5 atom stereocenters. The predicted octanol–water partition coefficient (Wildman–Crippen LogP) is -9.13. The van der Waals surface area contributed by atoms with Gasteiger partial charge in [-0.15, -0.1) is 23.5 Å². The summed E-state index contributed by atoms with van der Waals surface area (Å²) in [6.07, 6.45) is 0. The number of β-lactam (4-membered cyclic amide) rings is 1. The first kappa shape index (κ1) is 36.2. The largest absolute Gasteiger partial charge is 1.00 e. The number of thioether (sulfide) groups is 2. The summed E-state index contributed by atoms with van der Waals surface area (Å²) >= 11 is 2.30. The molecule has 1 aromatic carbocycles. The first-order valence-corrected chi connectivity index (χ1v) is 12.4. The molecule has 16 heteroatoms. The van der Waals surface area contributed by atoms with Crippen molar-refractivity contribution in [1.82, 2.24) is 10.2 Å². The Bertz CT molecular complexity index is 989. The van der Waals surface area contributed by atoms with Gasteiger partial charge in [-0.25, -0.2) is 0 Å². The molecule has 2 aliphatic heterocycles. The summed E-state index contributed by atoms with van der Waals surface area (Å²) in [5.74, 6) is -4.58. The molecule has 0 aromatic heterocycles. The van der Waals surface area contributed by atoms with Gasteiger partial charge >= 0.3 is 65.1 Å². The molecule has 0 spiro atoms. The van der Waals surface area contributed by atoms with Crippen LogP contribution < -0.4 is 86.1 Å². The van der Waals surface area contributed by atoms with Crippen LogP contribution >= 0.6 is 23.5 Å². The molecule has 0 bridgehead atoms. The van der Waals surface area contributed by atoms with Gasteiger partial charge in [-0.1, -0.05) is 30.3 Å². The van der Waals surface area contributed by atoms with Gasteiger partial charge in [0.2, 0.25) is 11.8 Å². The van der Waals surface area contributed by atoms with E-state index in [1.807, 2.05) is 6.07 Å². The maximum absolute atomic E-state index is 12.3. The van der Waals surface area contributed by atoms with E-state index in [4.69, 9.17) is 16.6 Å². The van der Waals surface area contributed by atoms with Gasteiger partial charge in [-0.2, -0.15) is 0 Å². The van der Waals surface area contributed by atoms with Crippen LogP contribution in [0.5, 0.6) is 0 Å². The number of nitrogens with two attached hydrogens (primary N) is 2. The molecule has 0 aliphatic carbocycles. The van der Waals surface area contributed by atoms with Crippen LogP contribution in [0.15, 0.2) is 30.3 Å². The normalized spacial score (nSPS) is 22.3. The van der Waals surface area contributed by atoms with Gasteiger partial charge in [0.1, 0.15) is 17.5 Å². The molecule has 1 aromatic rings. The Kier molecular flexibility index (Phi) is 15.4. The fourth-order valence-corrected chi connectivity index (χ4v) is 5.83. The van der Waals surface area contributed by atoms with E-state index in [0.717, 1.165) is 11.8 Å². The Balaban J connectivity index is 0.000000858. The fourth-order valence-electron chi connectivity index (χ4n) is 3.52. The summed E-state index contributed by atoms with van der Waals surface area (Å²) in [7, 11) is 0. The third-order valence-corrected chi connectivity index (χ3v) is 7.85. The van der Waals surface area contributed by atoms with Crippen LogP contribution in [-0.2, 0) is 24.0 Å². The first-order chi connectivity index (χ1) is 16.3. The minimum atomic E-state index is -1.36. The number of nitrogens with zero attached hydrogens (tertiary/aromatic N) is 1. The van der Waals surface area contributed by atoms with Gasteiger partial charge < -0.3 is 46.6 Å². The Labute approximate surface area is 266 Å². The fraction of sp³-hybridized carbons (Fsp3) is 0.476. The quantitative estimate of drug-likeness (QED) is 0.160. The van der Waals surface area contributed by atoms with Gasteiger partial charge in [0.05, 0.1) is 29.8 Å². The smallest absolute Gasteiger partial charge is 0.548 e. The monoisotopic (exact) mass is 572 g/mol. The van der Waals surface area contributed by atoms with Crippen LogP contribution in [0.25, 0.3) is 0 Å². The van der Waals surface area contributed by atoms with Crippen molar-refractivity contribution in [3.05, 3.63) is 35.9 Å². The zero-order chi connectivity index (χ0) is 26.5. The number of amides is 2. The molecule has 0 radical (unpaired) electrons. The second kappa shape index (κ2) is 15.7. The molecule has 2 amide bonds. The van der Waals surface area contributed by atoms with Crippen molar-refractivity contribution in [2.75, 3.05) is 11.5 Å². The summed E-state index contributed by atoms with van der Waals surface area (Å²) in [6, 6.07) is 5.10. The van der Waals surface area contributed by atoms with E-state index < -0.39 is 64.0 Å². The molecule has 192 valence electrons. The number of fused-ring (bicyclic) bond motifs is 1. The van der Waals surface area contributed by atoms with E-state index >= 15 is 0 Å². The van der Waals surface area contributed by atoms with E-state index in [9.17, 15) is 34.2 Å². The molecule has 0 unspecified atom stereocenters. The SMILES string of the molecule is CC1(C)S[C@@H]2[C@H](NC(=O)[C@H](N)c3ccccc3)C(=O)N2[C@H]1C(=O)[O-].N[C@@H](CSCC(=O)O)C(=O)[O-].[Na+].[Na+]. The van der Waals surface area contributed by atoms with E-state index in [0.29, 0.717) is 5.56 Å². The zero-order valence-corrected chi connectivity index (χ0v) is 26.5. The van der Waals surface area contributed by atoms with Crippen molar-refractivity contribution in [3.8, 4) is 0 Å². The van der Waals surface area contributed by atoms with Crippen LogP contribution in [0.2, 0.25) is 0 Å². The number of carbonyl (C=O) groups is 5. The third-order valence-electron chi connectivity index (χ3n) is 5.23. The van der Waals surface area contributed by atoms with Crippen LogP contribution in [0.3, 0.4) is 0 Å².